The molecule has 0 fully saturated rings. The van der Waals surface area contributed by atoms with Crippen LogP contribution in [0.4, 0.5) is 13.2 Å². The number of likely N-dealkylation sites (N-methyl/N-ethyl adjacent to an activating group) is 1. The van der Waals surface area contributed by atoms with Crippen LogP contribution in [-0.4, -0.2) is 44.8 Å². The third-order valence-corrected chi connectivity index (χ3v) is 5.99. The fourth-order valence-electron chi connectivity index (χ4n) is 2.60. The van der Waals surface area contributed by atoms with Crippen LogP contribution in [-0.2, 0) is 22.7 Å². The van der Waals surface area contributed by atoms with E-state index in [-0.39, 0.29) is 23.5 Å². The Morgan fingerprint density at radius 3 is 2.15 bits per heavy atom. The molecule has 0 atom stereocenters. The topological polar surface area (TPSA) is 40.6 Å². The highest BCUT2D eigenvalue weighted by Gasteiger charge is 2.34. The molecule has 0 amide bonds. The van der Waals surface area contributed by atoms with Crippen molar-refractivity contribution < 1.29 is 21.6 Å². The Morgan fingerprint density at radius 2 is 1.59 bits per heavy atom. The second-order valence-electron chi connectivity index (χ2n) is 6.60. The Balaban J connectivity index is 2.43. The summed E-state index contributed by atoms with van der Waals surface area (Å²) < 4.78 is 67.0. The van der Waals surface area contributed by atoms with Gasteiger partial charge in [0, 0.05) is 19.6 Å². The zero-order valence-electron chi connectivity index (χ0n) is 15.5. The molecule has 2 rings (SSSR count). The van der Waals surface area contributed by atoms with E-state index in [9.17, 15) is 21.6 Å². The van der Waals surface area contributed by atoms with E-state index in [4.69, 9.17) is 0 Å². The van der Waals surface area contributed by atoms with E-state index in [0.29, 0.717) is 6.54 Å². The first kappa shape index (κ1) is 21.4. The maximum atomic E-state index is 13.2. The molecular formula is C19H23F3N2O2S. The molecule has 0 N–H and O–H groups in total. The first-order valence-electron chi connectivity index (χ1n) is 8.38. The molecule has 8 heteroatoms. The molecule has 0 spiro atoms. The van der Waals surface area contributed by atoms with Gasteiger partial charge in [0.05, 0.1) is 10.5 Å². The predicted octanol–water partition coefficient (Wildman–Crippen LogP) is 3.77. The molecule has 148 valence electrons. The highest BCUT2D eigenvalue weighted by molar-refractivity contribution is 7.89. The van der Waals surface area contributed by atoms with Crippen molar-refractivity contribution in [2.24, 2.45) is 0 Å². The molecule has 0 heterocycles. The molecule has 0 radical (unpaired) electrons. The van der Waals surface area contributed by atoms with E-state index in [0.717, 1.165) is 11.6 Å². The number of hydrogen-bond donors (Lipinski definition) is 0. The summed E-state index contributed by atoms with van der Waals surface area (Å²) >= 11 is 0. The molecule has 2 aromatic carbocycles. The zero-order valence-corrected chi connectivity index (χ0v) is 16.3. The van der Waals surface area contributed by atoms with Crippen molar-refractivity contribution in [2.45, 2.75) is 24.5 Å². The number of hydrogen-bond acceptors (Lipinski definition) is 3. The maximum absolute atomic E-state index is 13.2. The van der Waals surface area contributed by atoms with Gasteiger partial charge in [-0.15, -0.1) is 0 Å². The van der Waals surface area contributed by atoms with Crippen molar-refractivity contribution in [3.63, 3.8) is 0 Å². The van der Waals surface area contributed by atoms with Gasteiger partial charge in [0.25, 0.3) is 0 Å². The summed E-state index contributed by atoms with van der Waals surface area (Å²) in [5.41, 5.74) is -0.178. The fourth-order valence-corrected chi connectivity index (χ4v) is 4.04. The lowest BCUT2D eigenvalue weighted by Crippen LogP contribution is -2.36. The van der Waals surface area contributed by atoms with Gasteiger partial charge in [0.2, 0.25) is 10.0 Å². The second-order valence-corrected chi connectivity index (χ2v) is 8.54. The number of aryl methyl sites for hydroxylation is 1. The summed E-state index contributed by atoms with van der Waals surface area (Å²) in [4.78, 5) is 1.47. The average molecular weight is 400 g/mol. The first-order valence-corrected chi connectivity index (χ1v) is 9.82. The first-order chi connectivity index (χ1) is 12.5. The summed E-state index contributed by atoms with van der Waals surface area (Å²) in [5.74, 6) is 0. The summed E-state index contributed by atoms with van der Waals surface area (Å²) in [6, 6.07) is 12.1. The lowest BCUT2D eigenvalue weighted by Gasteiger charge is -2.24. The molecule has 0 saturated heterocycles. The van der Waals surface area contributed by atoms with Crippen LogP contribution < -0.4 is 0 Å². The molecule has 0 aromatic heterocycles. The molecule has 27 heavy (non-hydrogen) atoms. The highest BCUT2D eigenvalue weighted by atomic mass is 32.2. The van der Waals surface area contributed by atoms with Crippen LogP contribution in [0, 0.1) is 6.92 Å². The standard InChI is InChI=1S/C19H23F3N2O2S/c1-15-9-10-17(13-18(15)19(20,21)22)27(25,26)24(12-11-23(2)3)14-16-7-5-4-6-8-16/h4-10,13H,11-12,14H2,1-3H3. The second kappa shape index (κ2) is 8.41. The van der Waals surface area contributed by atoms with Crippen LogP contribution in [0.5, 0.6) is 0 Å². The lowest BCUT2D eigenvalue weighted by molar-refractivity contribution is -0.138. The number of sulfonamides is 1. The summed E-state index contributed by atoms with van der Waals surface area (Å²) in [7, 11) is -0.475. The van der Waals surface area contributed by atoms with Crippen molar-refractivity contribution in [3.05, 3.63) is 65.2 Å². The summed E-state index contributed by atoms with van der Waals surface area (Å²) in [6.45, 7) is 2.02. The van der Waals surface area contributed by atoms with Crippen LogP contribution in [0.2, 0.25) is 0 Å². The van der Waals surface area contributed by atoms with Gasteiger partial charge < -0.3 is 4.90 Å². The third-order valence-electron chi connectivity index (χ3n) is 4.15. The molecular weight excluding hydrogens is 377 g/mol. The molecule has 0 unspecified atom stereocenters. The minimum absolute atomic E-state index is 0.00986. The number of nitrogens with zero attached hydrogens (tertiary/aromatic N) is 2. The predicted molar refractivity (Wildman–Crippen MR) is 98.8 cm³/mol. The molecule has 4 nitrogen and oxygen atoms in total. The van der Waals surface area contributed by atoms with E-state index in [1.807, 2.05) is 11.0 Å². The Kier molecular flexibility index (Phi) is 6.67. The maximum Gasteiger partial charge on any atom is 0.416 e. The largest absolute Gasteiger partial charge is 0.416 e. The van der Waals surface area contributed by atoms with E-state index >= 15 is 0 Å². The smallest absolute Gasteiger partial charge is 0.308 e. The fraction of sp³-hybridized carbons (Fsp3) is 0.368. The molecule has 0 aliphatic heterocycles. The molecule has 0 bridgehead atoms. The Bertz CT molecular complexity index is 866. The van der Waals surface area contributed by atoms with E-state index in [1.165, 1.54) is 23.4 Å². The van der Waals surface area contributed by atoms with Crippen LogP contribution in [0.15, 0.2) is 53.4 Å². The molecule has 2 aromatic rings. The van der Waals surface area contributed by atoms with Crippen LogP contribution in [0.25, 0.3) is 0 Å². The van der Waals surface area contributed by atoms with Gasteiger partial charge in [0.1, 0.15) is 0 Å². The van der Waals surface area contributed by atoms with Gasteiger partial charge >= 0.3 is 6.18 Å². The number of alkyl halides is 3. The van der Waals surface area contributed by atoms with Gasteiger partial charge in [-0.1, -0.05) is 36.4 Å². The number of benzene rings is 2. The Hall–Kier alpha value is -1.90. The minimum Gasteiger partial charge on any atom is -0.308 e. The number of rotatable bonds is 7. The van der Waals surface area contributed by atoms with Crippen molar-refractivity contribution in [1.82, 2.24) is 9.21 Å². The average Bonchev–Trinajstić information content (AvgIpc) is 2.58. The Morgan fingerprint density at radius 1 is 0.963 bits per heavy atom. The van der Waals surface area contributed by atoms with Crippen molar-refractivity contribution in [2.75, 3.05) is 27.2 Å². The monoisotopic (exact) mass is 400 g/mol. The summed E-state index contributed by atoms with van der Waals surface area (Å²) in [5, 5.41) is 0. The Labute approximate surface area is 158 Å². The van der Waals surface area contributed by atoms with Crippen LogP contribution in [0.3, 0.4) is 0 Å². The van der Waals surface area contributed by atoms with Gasteiger partial charge in [-0.3, -0.25) is 0 Å². The van der Waals surface area contributed by atoms with Gasteiger partial charge in [-0.25, -0.2) is 8.42 Å². The van der Waals surface area contributed by atoms with Gasteiger partial charge in [-0.05, 0) is 44.3 Å². The van der Waals surface area contributed by atoms with Crippen molar-refractivity contribution in [1.29, 1.82) is 0 Å². The van der Waals surface area contributed by atoms with Crippen molar-refractivity contribution >= 4 is 10.0 Å². The third kappa shape index (κ3) is 5.54. The number of halogens is 3. The zero-order chi connectivity index (χ0) is 20.2. The lowest BCUT2D eigenvalue weighted by atomic mass is 10.1. The normalized spacial score (nSPS) is 12.7. The SMILES string of the molecule is Cc1ccc(S(=O)(=O)N(CCN(C)C)Cc2ccccc2)cc1C(F)(F)F. The van der Waals surface area contributed by atoms with Gasteiger partial charge in [-0.2, -0.15) is 17.5 Å². The van der Waals surface area contributed by atoms with E-state index in [1.54, 1.807) is 38.4 Å². The quantitative estimate of drug-likeness (QED) is 0.711. The summed E-state index contributed by atoms with van der Waals surface area (Å²) in [6.07, 6.45) is -4.61. The molecule has 0 aliphatic carbocycles. The van der Waals surface area contributed by atoms with Crippen molar-refractivity contribution in [3.8, 4) is 0 Å². The van der Waals surface area contributed by atoms with E-state index in [2.05, 4.69) is 0 Å². The van der Waals surface area contributed by atoms with Crippen LogP contribution >= 0.6 is 0 Å². The van der Waals surface area contributed by atoms with Gasteiger partial charge in [0.15, 0.2) is 0 Å². The molecule has 0 aliphatic rings. The van der Waals surface area contributed by atoms with E-state index < -0.39 is 21.8 Å². The minimum atomic E-state index is -4.61. The highest BCUT2D eigenvalue weighted by Crippen LogP contribution is 2.34. The van der Waals surface area contributed by atoms with Crippen LogP contribution in [0.1, 0.15) is 16.7 Å². The molecule has 0 saturated carbocycles.